The van der Waals surface area contributed by atoms with Crippen LogP contribution in [0.3, 0.4) is 0 Å². The van der Waals surface area contributed by atoms with Crippen molar-refractivity contribution in [2.75, 3.05) is 47.5 Å². The maximum atomic E-state index is 12.7. The number of ketones is 1. The Morgan fingerprint density at radius 2 is 1.36 bits per heavy atom. The summed E-state index contributed by atoms with van der Waals surface area (Å²) in [4.78, 5) is 47.9. The Morgan fingerprint density at radius 1 is 0.776 bits per heavy atom. The number of hydrogen-bond donors (Lipinski definition) is 2. The normalized spacial score (nSPS) is 18.1. The van der Waals surface area contributed by atoms with Gasteiger partial charge in [0, 0.05) is 18.8 Å². The molecule has 1 aliphatic carbocycles. The second-order valence-electron chi connectivity index (χ2n) is 16.7. The van der Waals surface area contributed by atoms with Crippen molar-refractivity contribution in [2.24, 2.45) is 11.8 Å². The van der Waals surface area contributed by atoms with Gasteiger partial charge in [-0.05, 0) is 69.8 Å². The Kier molecular flexibility index (Phi) is 30.8. The summed E-state index contributed by atoms with van der Waals surface area (Å²) in [6.45, 7) is 4.07. The van der Waals surface area contributed by atoms with Crippen LogP contribution in [0.5, 0.6) is 0 Å². The lowest BCUT2D eigenvalue weighted by atomic mass is 9.90. The molecule has 0 radical (unpaired) electrons. The third-order valence-corrected chi connectivity index (χ3v) is 11.1. The first-order valence-electron chi connectivity index (χ1n) is 22.4. The summed E-state index contributed by atoms with van der Waals surface area (Å²) in [6, 6.07) is 0. The van der Waals surface area contributed by atoms with Crippen LogP contribution < -0.4 is 0 Å². The number of quaternary nitrogens is 1. The molecule has 0 saturated carbocycles. The first-order valence-corrected chi connectivity index (χ1v) is 23.9. The summed E-state index contributed by atoms with van der Waals surface area (Å²) < 4.78 is 34.3. The van der Waals surface area contributed by atoms with Gasteiger partial charge in [0.1, 0.15) is 19.8 Å². The molecule has 2 N–H and O–H groups in total. The first-order chi connectivity index (χ1) is 27.8. The average Bonchev–Trinajstić information content (AvgIpc) is 3.52. The quantitative estimate of drug-likeness (QED) is 0.0204. The van der Waals surface area contributed by atoms with E-state index in [2.05, 4.69) is 26.0 Å². The fourth-order valence-corrected chi connectivity index (χ4v) is 7.15. The van der Waals surface area contributed by atoms with Crippen molar-refractivity contribution in [3.63, 3.8) is 0 Å². The summed E-state index contributed by atoms with van der Waals surface area (Å²) in [7, 11) is 1.36. The third kappa shape index (κ3) is 30.6. The minimum Gasteiger partial charge on any atom is -0.462 e. The standard InChI is InChI=1S/C46H80NO10P/c1-6-8-10-11-12-13-14-15-16-17-18-19-20-21-27-31-46(51)57-42(39-56-58(52,53)55-37-36-47(3,4)5)38-54-45(50)30-26-23-22-25-28-40-32-35-44(49)43(40)34-33-41(48)29-24-9-7-2/h15-16,22,25,32-35,40-43,48H,6-14,17-21,23-24,26-31,36-39H2,1-5H3/p+1/b16-15-,25-22-,34-33+/t40-,41-,42+,43+/m0/s1. The number of ether oxygens (including phenoxy) is 2. The fraction of sp³-hybridized carbons (Fsp3) is 0.761. The Labute approximate surface area is 351 Å². The van der Waals surface area contributed by atoms with E-state index in [1.54, 1.807) is 12.2 Å². The molecule has 0 heterocycles. The third-order valence-electron chi connectivity index (χ3n) is 10.1. The van der Waals surface area contributed by atoms with Gasteiger partial charge in [-0.15, -0.1) is 0 Å². The van der Waals surface area contributed by atoms with E-state index in [9.17, 15) is 28.9 Å². The van der Waals surface area contributed by atoms with E-state index < -0.39 is 38.6 Å². The molecular weight excluding hydrogens is 757 g/mol. The van der Waals surface area contributed by atoms with Gasteiger partial charge >= 0.3 is 19.8 Å². The predicted octanol–water partition coefficient (Wildman–Crippen LogP) is 10.3. The number of rotatable bonds is 37. The van der Waals surface area contributed by atoms with Crippen molar-refractivity contribution < 1.29 is 52.0 Å². The summed E-state index contributed by atoms with van der Waals surface area (Å²) in [5.41, 5.74) is 0. The second-order valence-corrected chi connectivity index (χ2v) is 18.2. The van der Waals surface area contributed by atoms with Crippen molar-refractivity contribution in [1.82, 2.24) is 0 Å². The van der Waals surface area contributed by atoms with Crippen LogP contribution in [0.15, 0.2) is 48.6 Å². The molecule has 0 fully saturated rings. The van der Waals surface area contributed by atoms with Gasteiger partial charge in [0.25, 0.3) is 0 Å². The number of carbonyl (C=O) groups excluding carboxylic acids is 3. The van der Waals surface area contributed by atoms with Gasteiger partial charge in [-0.25, -0.2) is 4.57 Å². The molecule has 11 nitrogen and oxygen atoms in total. The van der Waals surface area contributed by atoms with Crippen LogP contribution in [0.1, 0.15) is 155 Å². The highest BCUT2D eigenvalue weighted by molar-refractivity contribution is 7.47. The van der Waals surface area contributed by atoms with Crippen LogP contribution >= 0.6 is 7.82 Å². The van der Waals surface area contributed by atoms with Crippen LogP contribution in [0.2, 0.25) is 0 Å². The predicted molar refractivity (Wildman–Crippen MR) is 233 cm³/mol. The molecule has 0 aliphatic heterocycles. The largest absolute Gasteiger partial charge is 0.472 e. The van der Waals surface area contributed by atoms with Crippen molar-refractivity contribution in [3.05, 3.63) is 48.6 Å². The number of allylic oxidation sites excluding steroid dienone is 7. The minimum atomic E-state index is -4.43. The Hall–Kier alpha value is -2.40. The second kappa shape index (κ2) is 33.3. The number of carbonyl (C=O) groups is 3. The number of unbranched alkanes of at least 4 members (excludes halogenated alkanes) is 14. The van der Waals surface area contributed by atoms with Crippen LogP contribution in [-0.2, 0) is 37.5 Å². The zero-order valence-corrected chi connectivity index (χ0v) is 37.8. The summed E-state index contributed by atoms with van der Waals surface area (Å²) >= 11 is 0. The lowest BCUT2D eigenvalue weighted by molar-refractivity contribution is -0.870. The van der Waals surface area contributed by atoms with Crippen molar-refractivity contribution >= 4 is 25.5 Å². The van der Waals surface area contributed by atoms with E-state index in [-0.39, 0.29) is 43.7 Å². The topological polar surface area (TPSA) is 146 Å². The number of phosphoric ester groups is 1. The lowest BCUT2D eigenvalue weighted by Gasteiger charge is -2.24. The molecule has 0 bridgehead atoms. The SMILES string of the molecule is CCCCCCCC/C=C\CCCCCCCC(=O)O[C@H](COC(=O)CCC/C=C\C[C@H]1C=CC(=O)[C@@H]1/C=C/[C@@H](O)CCCCC)COP(=O)(O)OCC[N+](C)(C)C. The molecule has 0 aromatic carbocycles. The Morgan fingerprint density at radius 3 is 2.03 bits per heavy atom. The van der Waals surface area contributed by atoms with Crippen molar-refractivity contribution in [3.8, 4) is 0 Å². The molecule has 0 aromatic heterocycles. The van der Waals surface area contributed by atoms with E-state index in [1.807, 2.05) is 45.4 Å². The molecule has 1 unspecified atom stereocenters. The average molecular weight is 839 g/mol. The van der Waals surface area contributed by atoms with Gasteiger partial charge in [0.2, 0.25) is 0 Å². The summed E-state index contributed by atoms with van der Waals surface area (Å²) in [5.74, 6) is -1.16. The number of aliphatic hydroxyl groups excluding tert-OH is 1. The monoisotopic (exact) mass is 839 g/mol. The molecule has 0 amide bonds. The Balaban J connectivity index is 2.47. The van der Waals surface area contributed by atoms with Crippen molar-refractivity contribution in [1.29, 1.82) is 0 Å². The molecule has 1 rings (SSSR count). The van der Waals surface area contributed by atoms with Gasteiger partial charge in [-0.2, -0.15) is 0 Å². The minimum absolute atomic E-state index is 0.00289. The number of esters is 2. The van der Waals surface area contributed by atoms with Crippen LogP contribution in [0.25, 0.3) is 0 Å². The van der Waals surface area contributed by atoms with E-state index in [0.717, 1.165) is 57.8 Å². The van der Waals surface area contributed by atoms with Gasteiger partial charge in [-0.3, -0.25) is 23.4 Å². The molecule has 334 valence electrons. The molecule has 58 heavy (non-hydrogen) atoms. The number of phosphoric acid groups is 1. The number of nitrogens with zero attached hydrogens (tertiary/aromatic N) is 1. The molecule has 0 saturated heterocycles. The van der Waals surface area contributed by atoms with Crippen LogP contribution in [0.4, 0.5) is 0 Å². The molecule has 0 aromatic rings. The Bertz CT molecular complexity index is 1270. The summed E-state index contributed by atoms with van der Waals surface area (Å²) in [5, 5.41) is 10.2. The molecule has 1 aliphatic rings. The number of aliphatic hydroxyl groups is 1. The maximum absolute atomic E-state index is 12.7. The van der Waals surface area contributed by atoms with E-state index in [0.29, 0.717) is 43.1 Å². The zero-order chi connectivity index (χ0) is 42.9. The lowest BCUT2D eigenvalue weighted by Crippen LogP contribution is -2.37. The van der Waals surface area contributed by atoms with Crippen LogP contribution in [-0.4, -0.2) is 91.9 Å². The smallest absolute Gasteiger partial charge is 0.462 e. The summed E-state index contributed by atoms with van der Waals surface area (Å²) in [6.07, 6.45) is 35.0. The maximum Gasteiger partial charge on any atom is 0.472 e. The molecule has 12 heteroatoms. The molecular formula is C46H81NO10P+. The molecule has 5 atom stereocenters. The fourth-order valence-electron chi connectivity index (χ4n) is 6.41. The van der Waals surface area contributed by atoms with Gasteiger partial charge < -0.3 is 24.0 Å². The van der Waals surface area contributed by atoms with Crippen LogP contribution in [0, 0.1) is 11.8 Å². The molecule has 0 spiro atoms. The van der Waals surface area contributed by atoms with Gasteiger partial charge in [-0.1, -0.05) is 127 Å². The van der Waals surface area contributed by atoms with Crippen molar-refractivity contribution in [2.45, 2.75) is 167 Å². The number of hydrogen-bond acceptors (Lipinski definition) is 9. The highest BCUT2D eigenvalue weighted by Crippen LogP contribution is 2.43. The first kappa shape index (κ1) is 53.6. The van der Waals surface area contributed by atoms with E-state index >= 15 is 0 Å². The van der Waals surface area contributed by atoms with E-state index in [4.69, 9.17) is 18.5 Å². The van der Waals surface area contributed by atoms with E-state index in [1.165, 1.54) is 38.5 Å². The van der Waals surface area contributed by atoms with Gasteiger partial charge in [0.15, 0.2) is 11.9 Å². The van der Waals surface area contributed by atoms with Gasteiger partial charge in [0.05, 0.1) is 33.9 Å². The number of likely N-dealkylation sites (N-methyl/N-ethyl adjacent to an activating group) is 1. The highest BCUT2D eigenvalue weighted by Gasteiger charge is 2.28. The zero-order valence-electron chi connectivity index (χ0n) is 36.9. The highest BCUT2D eigenvalue weighted by atomic mass is 31.2.